The average molecular weight is 539 g/mol. The van der Waals surface area contributed by atoms with Gasteiger partial charge in [-0.2, -0.15) is 0 Å². The molecule has 2 aromatic carbocycles. The van der Waals surface area contributed by atoms with Crippen LogP contribution in [0.1, 0.15) is 6.42 Å². The van der Waals surface area contributed by atoms with E-state index in [1.165, 1.54) is 35.6 Å². The van der Waals surface area contributed by atoms with Crippen LogP contribution in [-0.4, -0.2) is 47.9 Å². The van der Waals surface area contributed by atoms with Gasteiger partial charge in [-0.25, -0.2) is 9.79 Å². The van der Waals surface area contributed by atoms with Crippen LogP contribution in [0.5, 0.6) is 17.2 Å². The van der Waals surface area contributed by atoms with Crippen LogP contribution < -0.4 is 29.6 Å². The summed E-state index contributed by atoms with van der Waals surface area (Å²) in [7, 11) is 0. The molecule has 14 heteroatoms. The molecule has 0 fully saturated rings. The number of halogens is 3. The van der Waals surface area contributed by atoms with Crippen LogP contribution in [0.2, 0.25) is 0 Å². The molecule has 0 atom stereocenters. The minimum absolute atomic E-state index is 0.132. The lowest BCUT2D eigenvalue weighted by atomic mass is 10.1. The van der Waals surface area contributed by atoms with Crippen molar-refractivity contribution < 1.29 is 42.1 Å². The van der Waals surface area contributed by atoms with E-state index >= 15 is 0 Å². The van der Waals surface area contributed by atoms with Crippen molar-refractivity contribution in [1.82, 2.24) is 15.2 Å². The number of amides is 2. The summed E-state index contributed by atoms with van der Waals surface area (Å²) in [5.41, 5.74) is 2.07. The van der Waals surface area contributed by atoms with Gasteiger partial charge in [0.25, 0.3) is 0 Å². The van der Waals surface area contributed by atoms with E-state index in [4.69, 9.17) is 14.6 Å². The maximum atomic E-state index is 12.4. The zero-order valence-electron chi connectivity index (χ0n) is 19.1. The number of fused-ring (bicyclic) bond motifs is 1. The molecule has 0 saturated heterocycles. The fraction of sp³-hybridized carbons (Fsp3) is 0.261. The van der Waals surface area contributed by atoms with Crippen molar-refractivity contribution in [2.24, 2.45) is 4.99 Å². The monoisotopic (exact) mass is 538 g/mol. The number of aromatic nitrogens is 1. The number of carbonyl (C=O) groups is 2. The Bertz CT molecular complexity index is 1340. The number of nitrogens with zero attached hydrogens (tertiary/aromatic N) is 2. The first kappa shape index (κ1) is 25.9. The van der Waals surface area contributed by atoms with Gasteiger partial charge in [0, 0.05) is 24.0 Å². The SMILES string of the molecule is O=C(O)CNC(=O)NCCCn1c(-c2ccc3c(c2)OCO3)cs/c1=N\c1ccc(OC(F)(F)F)cc1. The topological polar surface area (TPSA) is 123 Å². The van der Waals surface area contributed by atoms with Gasteiger partial charge in [-0.1, -0.05) is 0 Å². The molecular weight excluding hydrogens is 517 g/mol. The van der Waals surface area contributed by atoms with E-state index in [1.54, 1.807) is 6.07 Å². The highest BCUT2D eigenvalue weighted by Gasteiger charge is 2.31. The number of benzene rings is 2. The summed E-state index contributed by atoms with van der Waals surface area (Å²) in [5.74, 6) is -0.264. The van der Waals surface area contributed by atoms with E-state index in [1.807, 2.05) is 22.1 Å². The summed E-state index contributed by atoms with van der Waals surface area (Å²) in [5, 5.41) is 15.3. The molecule has 0 radical (unpaired) electrons. The first-order chi connectivity index (χ1) is 17.7. The minimum atomic E-state index is -4.78. The molecule has 1 aliphatic rings. The van der Waals surface area contributed by atoms with Gasteiger partial charge in [0.15, 0.2) is 16.3 Å². The second-order valence-electron chi connectivity index (χ2n) is 7.63. The number of carboxylic acids is 1. The first-order valence-electron chi connectivity index (χ1n) is 10.9. The molecule has 196 valence electrons. The minimum Gasteiger partial charge on any atom is -0.480 e. The Labute approximate surface area is 211 Å². The van der Waals surface area contributed by atoms with Crippen molar-refractivity contribution in [3.63, 3.8) is 0 Å². The predicted octanol–water partition coefficient (Wildman–Crippen LogP) is 3.85. The molecular formula is C23H21F3N4O6S. The maximum Gasteiger partial charge on any atom is 0.573 e. The summed E-state index contributed by atoms with van der Waals surface area (Å²) in [6.45, 7) is 0.334. The van der Waals surface area contributed by atoms with Crippen LogP contribution in [0.3, 0.4) is 0 Å². The zero-order valence-corrected chi connectivity index (χ0v) is 19.9. The Morgan fingerprint density at radius 1 is 1.11 bits per heavy atom. The third-order valence-electron chi connectivity index (χ3n) is 5.01. The lowest BCUT2D eigenvalue weighted by molar-refractivity contribution is -0.274. The zero-order chi connectivity index (χ0) is 26.4. The molecule has 10 nitrogen and oxygen atoms in total. The summed E-state index contributed by atoms with van der Waals surface area (Å²) in [6.07, 6.45) is -4.30. The predicted molar refractivity (Wildman–Crippen MR) is 126 cm³/mol. The number of hydrogen-bond donors (Lipinski definition) is 3. The summed E-state index contributed by atoms with van der Waals surface area (Å²) in [4.78, 5) is 27.4. The second kappa shape index (κ2) is 11.2. The van der Waals surface area contributed by atoms with E-state index in [2.05, 4.69) is 20.4 Å². The van der Waals surface area contributed by atoms with Gasteiger partial charge in [0.2, 0.25) is 6.79 Å². The second-order valence-corrected chi connectivity index (χ2v) is 8.47. The molecule has 37 heavy (non-hydrogen) atoms. The Morgan fingerprint density at radius 2 is 1.86 bits per heavy atom. The number of hydrogen-bond acceptors (Lipinski definition) is 7. The largest absolute Gasteiger partial charge is 0.573 e. The molecule has 1 aromatic heterocycles. The van der Waals surface area contributed by atoms with Gasteiger partial charge >= 0.3 is 18.4 Å². The number of alkyl halides is 3. The van der Waals surface area contributed by atoms with Gasteiger partial charge in [0.1, 0.15) is 12.3 Å². The van der Waals surface area contributed by atoms with E-state index in [9.17, 15) is 22.8 Å². The van der Waals surface area contributed by atoms with Crippen LogP contribution in [0.4, 0.5) is 23.7 Å². The number of nitrogens with one attached hydrogen (secondary N) is 2. The number of carboxylic acid groups (broad SMARTS) is 1. The van der Waals surface area contributed by atoms with E-state index in [0.29, 0.717) is 35.0 Å². The Kier molecular flexibility index (Phi) is 7.86. The Balaban J connectivity index is 1.56. The molecule has 3 N–H and O–H groups in total. The van der Waals surface area contributed by atoms with Gasteiger partial charge < -0.3 is 34.5 Å². The number of ether oxygens (including phenoxy) is 3. The van der Waals surface area contributed by atoms with Crippen LogP contribution in [0.25, 0.3) is 11.3 Å². The highest BCUT2D eigenvalue weighted by atomic mass is 32.1. The molecule has 0 saturated carbocycles. The molecule has 1 aliphatic heterocycles. The first-order valence-corrected chi connectivity index (χ1v) is 11.8. The van der Waals surface area contributed by atoms with Crippen molar-refractivity contribution in [2.75, 3.05) is 19.9 Å². The van der Waals surface area contributed by atoms with E-state index in [-0.39, 0.29) is 19.1 Å². The molecule has 0 aliphatic carbocycles. The third kappa shape index (κ3) is 7.16. The molecule has 0 bridgehead atoms. The van der Waals surface area contributed by atoms with Crippen molar-refractivity contribution in [3.05, 3.63) is 52.6 Å². The maximum absolute atomic E-state index is 12.4. The third-order valence-corrected chi connectivity index (χ3v) is 5.87. The summed E-state index contributed by atoms with van der Waals surface area (Å²) in [6, 6.07) is 10.1. The van der Waals surface area contributed by atoms with Crippen molar-refractivity contribution in [2.45, 2.75) is 19.3 Å². The number of carbonyl (C=O) groups excluding carboxylic acids is 1. The quantitative estimate of drug-likeness (QED) is 0.356. The number of rotatable bonds is 9. The normalized spacial score (nSPS) is 12.9. The summed E-state index contributed by atoms with van der Waals surface area (Å²) >= 11 is 1.34. The lowest BCUT2D eigenvalue weighted by Gasteiger charge is -2.11. The average Bonchev–Trinajstić information content (AvgIpc) is 3.47. The van der Waals surface area contributed by atoms with Crippen molar-refractivity contribution >= 4 is 29.0 Å². The van der Waals surface area contributed by atoms with Gasteiger partial charge in [0.05, 0.1) is 11.4 Å². The molecule has 2 heterocycles. The van der Waals surface area contributed by atoms with Gasteiger partial charge in [-0.3, -0.25) is 4.79 Å². The molecule has 2 amide bonds. The molecule has 4 rings (SSSR count). The number of urea groups is 1. The van der Waals surface area contributed by atoms with Crippen LogP contribution in [0.15, 0.2) is 52.8 Å². The Hall–Kier alpha value is -4.20. The van der Waals surface area contributed by atoms with Crippen molar-refractivity contribution in [3.8, 4) is 28.5 Å². The number of aliphatic carboxylic acids is 1. The molecule has 3 aromatic rings. The van der Waals surface area contributed by atoms with E-state index in [0.717, 1.165) is 11.3 Å². The number of thiazole rings is 1. The van der Waals surface area contributed by atoms with Crippen molar-refractivity contribution in [1.29, 1.82) is 0 Å². The molecule has 0 unspecified atom stereocenters. The fourth-order valence-corrected chi connectivity index (χ4v) is 4.37. The van der Waals surface area contributed by atoms with Crippen LogP contribution in [-0.2, 0) is 11.3 Å². The van der Waals surface area contributed by atoms with Gasteiger partial charge in [-0.05, 0) is 48.9 Å². The smallest absolute Gasteiger partial charge is 0.480 e. The molecule has 0 spiro atoms. The summed E-state index contributed by atoms with van der Waals surface area (Å²) < 4.78 is 54.0. The van der Waals surface area contributed by atoms with Crippen LogP contribution in [0, 0.1) is 0 Å². The highest BCUT2D eigenvalue weighted by molar-refractivity contribution is 7.07. The van der Waals surface area contributed by atoms with Gasteiger partial charge in [-0.15, -0.1) is 24.5 Å². The highest BCUT2D eigenvalue weighted by Crippen LogP contribution is 2.36. The van der Waals surface area contributed by atoms with E-state index < -0.39 is 24.9 Å². The fourth-order valence-electron chi connectivity index (χ4n) is 3.41. The lowest BCUT2D eigenvalue weighted by Crippen LogP contribution is -2.39. The Morgan fingerprint density at radius 3 is 2.59 bits per heavy atom. The standard InChI is InChI=1S/C23H21F3N4O6S/c24-23(25,26)36-16-5-3-15(4-6-16)29-22-30(9-1-8-27-21(33)28-11-20(31)32)17(12-37-22)14-2-7-18-19(10-14)35-13-34-18/h2-7,10,12H,1,8-9,11,13H2,(H,31,32)(H2,27,28,33)/b29-22-. The van der Waals surface area contributed by atoms with Crippen LogP contribution >= 0.6 is 11.3 Å².